The highest BCUT2D eigenvalue weighted by Crippen LogP contribution is 2.31. The lowest BCUT2D eigenvalue weighted by Gasteiger charge is -2.09. The van der Waals surface area contributed by atoms with E-state index in [1.807, 2.05) is 0 Å². The van der Waals surface area contributed by atoms with Crippen molar-refractivity contribution >= 4 is 27.4 Å². The number of aromatic nitrogens is 3. The van der Waals surface area contributed by atoms with Crippen LogP contribution in [0.15, 0.2) is 82.6 Å². The van der Waals surface area contributed by atoms with Crippen LogP contribution < -0.4 is 16.3 Å². The summed E-state index contributed by atoms with van der Waals surface area (Å²) < 4.78 is 63.7. The molecule has 0 atom stereocenters. The summed E-state index contributed by atoms with van der Waals surface area (Å²) in [5.41, 5.74) is -4.97. The molecular weight excluding hydrogens is 527 g/mol. The lowest BCUT2D eigenvalue weighted by atomic mass is 10.2. The third kappa shape index (κ3) is 5.25. The zero-order valence-electron chi connectivity index (χ0n) is 19.6. The van der Waals surface area contributed by atoms with Gasteiger partial charge in [0.15, 0.2) is 0 Å². The number of carbonyl (C=O) groups is 1. The number of hydrogen-bond acceptors (Lipinski definition) is 6. The number of amides is 2. The number of anilines is 2. The van der Waals surface area contributed by atoms with E-state index in [1.165, 1.54) is 23.8 Å². The molecule has 2 aromatic heterocycles. The van der Waals surface area contributed by atoms with E-state index < -0.39 is 37.8 Å². The Morgan fingerprint density at radius 1 is 1.03 bits per heavy atom. The molecule has 14 heteroatoms. The Kier molecular flexibility index (Phi) is 7.00. The molecule has 0 aliphatic carbocycles. The van der Waals surface area contributed by atoms with Crippen LogP contribution in [-0.4, -0.2) is 39.2 Å². The number of rotatable bonds is 6. The van der Waals surface area contributed by atoms with Crippen LogP contribution in [0.4, 0.5) is 29.5 Å². The fourth-order valence-electron chi connectivity index (χ4n) is 3.59. The molecule has 0 radical (unpaired) electrons. The average Bonchev–Trinajstić information content (AvgIpc) is 3.07. The Hall–Kier alpha value is -4.59. The molecule has 38 heavy (non-hydrogen) atoms. The SMILES string of the molecule is Cc1c(O)n(-c2ccc(S(=O)(=O)C(F)(F)F)cc2)c(=O)n1Cc1ccnc(NC(=O)Nc2ccccc2)c1. The molecule has 0 aliphatic rings. The van der Waals surface area contributed by atoms with Crippen molar-refractivity contribution in [3.63, 3.8) is 0 Å². The lowest BCUT2D eigenvalue weighted by molar-refractivity contribution is -0.0436. The quantitative estimate of drug-likeness (QED) is 0.334. The van der Waals surface area contributed by atoms with E-state index >= 15 is 0 Å². The Bertz CT molecular complexity index is 1650. The highest BCUT2D eigenvalue weighted by molar-refractivity contribution is 7.92. The predicted octanol–water partition coefficient (Wildman–Crippen LogP) is 4.03. The second-order valence-electron chi connectivity index (χ2n) is 8.05. The number of imidazole rings is 1. The number of nitrogens with zero attached hydrogens (tertiary/aromatic N) is 3. The van der Waals surface area contributed by atoms with Crippen molar-refractivity contribution in [2.45, 2.75) is 23.9 Å². The van der Waals surface area contributed by atoms with E-state index in [1.54, 1.807) is 36.4 Å². The second-order valence-corrected chi connectivity index (χ2v) is 9.99. The Morgan fingerprint density at radius 3 is 2.32 bits per heavy atom. The minimum absolute atomic E-state index is 0.0369. The predicted molar refractivity (Wildman–Crippen MR) is 132 cm³/mol. The number of sulfone groups is 1. The Balaban J connectivity index is 1.57. The molecule has 198 valence electrons. The summed E-state index contributed by atoms with van der Waals surface area (Å²) in [5.74, 6) is -0.275. The summed E-state index contributed by atoms with van der Waals surface area (Å²) in [6, 6.07) is 14.7. The summed E-state index contributed by atoms with van der Waals surface area (Å²) >= 11 is 0. The van der Waals surface area contributed by atoms with Crippen molar-refractivity contribution in [3.8, 4) is 11.6 Å². The molecule has 0 saturated carbocycles. The Labute approximate surface area is 213 Å². The number of nitrogens with one attached hydrogen (secondary N) is 2. The first kappa shape index (κ1) is 26.5. The van der Waals surface area contributed by atoms with Crippen LogP contribution >= 0.6 is 0 Å². The first-order valence-electron chi connectivity index (χ1n) is 10.9. The number of urea groups is 1. The summed E-state index contributed by atoms with van der Waals surface area (Å²) in [6.07, 6.45) is 1.42. The fourth-order valence-corrected chi connectivity index (χ4v) is 4.35. The van der Waals surface area contributed by atoms with Crippen molar-refractivity contribution in [3.05, 3.63) is 94.7 Å². The topological polar surface area (TPSA) is 135 Å². The summed E-state index contributed by atoms with van der Waals surface area (Å²) in [4.78, 5) is 28.4. The smallest absolute Gasteiger partial charge is 0.493 e. The number of carbonyl (C=O) groups excluding carboxylic acids is 1. The third-order valence-electron chi connectivity index (χ3n) is 5.51. The van der Waals surface area contributed by atoms with Gasteiger partial charge in [-0.25, -0.2) is 27.6 Å². The number of aromatic hydroxyl groups is 1. The summed E-state index contributed by atoms with van der Waals surface area (Å²) in [5, 5.41) is 15.8. The molecule has 3 N–H and O–H groups in total. The van der Waals surface area contributed by atoms with Gasteiger partial charge in [0, 0.05) is 11.9 Å². The van der Waals surface area contributed by atoms with Crippen molar-refractivity contribution in [1.29, 1.82) is 0 Å². The van der Waals surface area contributed by atoms with Crippen LogP contribution in [0.25, 0.3) is 5.69 Å². The number of alkyl halides is 3. The van der Waals surface area contributed by atoms with Crippen LogP contribution in [0.1, 0.15) is 11.3 Å². The van der Waals surface area contributed by atoms with Gasteiger partial charge in [0.05, 0.1) is 22.8 Å². The zero-order chi connectivity index (χ0) is 27.7. The Morgan fingerprint density at radius 2 is 1.68 bits per heavy atom. The van der Waals surface area contributed by atoms with E-state index in [0.717, 1.165) is 16.7 Å². The average molecular weight is 548 g/mol. The largest absolute Gasteiger partial charge is 0.501 e. The van der Waals surface area contributed by atoms with Crippen molar-refractivity contribution in [2.75, 3.05) is 10.6 Å². The molecule has 2 aromatic carbocycles. The van der Waals surface area contributed by atoms with Crippen molar-refractivity contribution in [1.82, 2.24) is 14.1 Å². The first-order chi connectivity index (χ1) is 17.9. The van der Waals surface area contributed by atoms with Crippen LogP contribution in [-0.2, 0) is 16.4 Å². The lowest BCUT2D eigenvalue weighted by Crippen LogP contribution is -2.25. The molecule has 0 aliphatic heterocycles. The first-order valence-corrected chi connectivity index (χ1v) is 12.4. The molecule has 2 amide bonds. The van der Waals surface area contributed by atoms with E-state index in [9.17, 15) is 36.3 Å². The molecule has 10 nitrogen and oxygen atoms in total. The molecule has 0 spiro atoms. The molecule has 0 bridgehead atoms. The summed E-state index contributed by atoms with van der Waals surface area (Å²) in [6.45, 7) is 1.42. The minimum atomic E-state index is -5.57. The maximum atomic E-state index is 13.1. The molecule has 4 aromatic rings. The van der Waals surface area contributed by atoms with Crippen molar-refractivity contribution in [2.24, 2.45) is 0 Å². The maximum Gasteiger partial charge on any atom is 0.501 e. The third-order valence-corrected chi connectivity index (χ3v) is 7.01. The van der Waals surface area contributed by atoms with Crippen LogP contribution in [0, 0.1) is 6.92 Å². The van der Waals surface area contributed by atoms with E-state index in [4.69, 9.17) is 0 Å². The van der Waals surface area contributed by atoms with E-state index in [0.29, 0.717) is 23.4 Å². The van der Waals surface area contributed by atoms with Gasteiger partial charge in [0.25, 0.3) is 9.84 Å². The van der Waals surface area contributed by atoms with Gasteiger partial charge in [-0.05, 0) is 61.0 Å². The van der Waals surface area contributed by atoms with Gasteiger partial charge in [-0.2, -0.15) is 13.2 Å². The summed E-state index contributed by atoms with van der Waals surface area (Å²) in [7, 11) is -5.57. The van der Waals surface area contributed by atoms with Gasteiger partial charge in [0.1, 0.15) is 5.82 Å². The standard InChI is InChI=1S/C24H20F3N5O5S/c1-15-21(33)32(18-7-9-19(10-8-18)38(36,37)24(25,26)27)23(35)31(15)14-16-11-12-28-20(13-16)30-22(34)29-17-5-3-2-4-6-17/h2-13,33H,14H2,1H3,(H2,28,29,30,34). The number of halogens is 3. The van der Waals surface area contributed by atoms with Gasteiger partial charge in [0.2, 0.25) is 5.88 Å². The number of pyridine rings is 1. The van der Waals surface area contributed by atoms with Gasteiger partial charge in [-0.3, -0.25) is 9.88 Å². The highest BCUT2D eigenvalue weighted by atomic mass is 32.2. The van der Waals surface area contributed by atoms with E-state index in [2.05, 4.69) is 15.6 Å². The van der Waals surface area contributed by atoms with Crippen LogP contribution in [0.3, 0.4) is 0 Å². The molecule has 2 heterocycles. The zero-order valence-corrected chi connectivity index (χ0v) is 20.4. The molecular formula is C24H20F3N5O5S. The number of para-hydroxylation sites is 1. The molecule has 0 saturated heterocycles. The van der Waals surface area contributed by atoms with Crippen LogP contribution in [0.2, 0.25) is 0 Å². The number of benzene rings is 2. The molecule has 0 fully saturated rings. The maximum absolute atomic E-state index is 13.1. The second kappa shape index (κ2) is 10.0. The van der Waals surface area contributed by atoms with Crippen LogP contribution in [0.5, 0.6) is 5.88 Å². The monoisotopic (exact) mass is 547 g/mol. The highest BCUT2D eigenvalue weighted by Gasteiger charge is 2.46. The number of hydrogen-bond donors (Lipinski definition) is 3. The van der Waals surface area contributed by atoms with Gasteiger partial charge in [-0.15, -0.1) is 0 Å². The fraction of sp³-hybridized carbons (Fsp3) is 0.125. The van der Waals surface area contributed by atoms with Gasteiger partial charge in [-0.1, -0.05) is 18.2 Å². The minimum Gasteiger partial charge on any atom is -0.493 e. The molecule has 0 unspecified atom stereocenters. The normalized spacial score (nSPS) is 11.8. The molecule has 4 rings (SSSR count). The van der Waals surface area contributed by atoms with Crippen molar-refractivity contribution < 1.29 is 31.5 Å². The van der Waals surface area contributed by atoms with Gasteiger partial charge >= 0.3 is 17.2 Å². The van der Waals surface area contributed by atoms with Gasteiger partial charge < -0.3 is 10.4 Å². The van der Waals surface area contributed by atoms with E-state index in [-0.39, 0.29) is 23.7 Å².